The summed E-state index contributed by atoms with van der Waals surface area (Å²) in [5, 5.41) is 18.3. The monoisotopic (exact) mass is 309 g/mol. The molecule has 2 aromatic carbocycles. The quantitative estimate of drug-likeness (QED) is 0.676. The standard InChI is InChI=1S/C18H15NO4/c1-22-16-8-7-14(17(10-16)23-2)9-15(11-19)12-3-5-13(6-4-12)18(20)21/h3-10H,1-2H3,(H,20,21)/b15-9-. The summed E-state index contributed by atoms with van der Waals surface area (Å²) in [5.74, 6) is 0.235. The van der Waals surface area contributed by atoms with Crippen molar-refractivity contribution in [3.05, 3.63) is 59.2 Å². The molecule has 0 bridgehead atoms. The topological polar surface area (TPSA) is 79.5 Å². The summed E-state index contributed by atoms with van der Waals surface area (Å²) in [4.78, 5) is 10.9. The zero-order valence-electron chi connectivity index (χ0n) is 12.7. The molecule has 0 aromatic heterocycles. The molecule has 0 fully saturated rings. The molecule has 116 valence electrons. The SMILES string of the molecule is COc1ccc(/C=C(/C#N)c2ccc(C(=O)O)cc2)c(OC)c1. The van der Waals surface area contributed by atoms with Gasteiger partial charge in [-0.15, -0.1) is 0 Å². The molecule has 0 amide bonds. The predicted octanol–water partition coefficient (Wildman–Crippen LogP) is 3.47. The van der Waals surface area contributed by atoms with E-state index in [1.807, 2.05) is 0 Å². The van der Waals surface area contributed by atoms with Crippen LogP contribution in [0, 0.1) is 11.3 Å². The Morgan fingerprint density at radius 2 is 1.74 bits per heavy atom. The highest BCUT2D eigenvalue weighted by molar-refractivity contribution is 5.92. The first kappa shape index (κ1) is 16.1. The lowest BCUT2D eigenvalue weighted by Crippen LogP contribution is -1.95. The molecule has 0 spiro atoms. The molecule has 0 aliphatic rings. The van der Waals surface area contributed by atoms with Crippen molar-refractivity contribution in [1.82, 2.24) is 0 Å². The van der Waals surface area contributed by atoms with Crippen molar-refractivity contribution in [3.8, 4) is 17.6 Å². The van der Waals surface area contributed by atoms with Crippen molar-refractivity contribution >= 4 is 17.6 Å². The average molecular weight is 309 g/mol. The van der Waals surface area contributed by atoms with Crippen LogP contribution in [0.5, 0.6) is 11.5 Å². The molecule has 0 unspecified atom stereocenters. The molecule has 0 atom stereocenters. The Bertz CT molecular complexity index is 786. The summed E-state index contributed by atoms with van der Waals surface area (Å²) < 4.78 is 10.4. The molecular weight excluding hydrogens is 294 g/mol. The van der Waals surface area contributed by atoms with Crippen LogP contribution in [0.2, 0.25) is 0 Å². The number of ether oxygens (including phenoxy) is 2. The van der Waals surface area contributed by atoms with E-state index in [4.69, 9.17) is 14.6 Å². The Morgan fingerprint density at radius 3 is 2.26 bits per heavy atom. The van der Waals surface area contributed by atoms with Crippen molar-refractivity contribution in [3.63, 3.8) is 0 Å². The van der Waals surface area contributed by atoms with Crippen LogP contribution in [0.25, 0.3) is 11.6 Å². The maximum Gasteiger partial charge on any atom is 0.335 e. The van der Waals surface area contributed by atoms with Crippen LogP contribution in [0.4, 0.5) is 0 Å². The van der Waals surface area contributed by atoms with Crippen molar-refractivity contribution in [2.24, 2.45) is 0 Å². The maximum absolute atomic E-state index is 10.9. The number of nitriles is 1. The predicted molar refractivity (Wildman–Crippen MR) is 86.4 cm³/mol. The molecule has 1 N–H and O–H groups in total. The van der Waals surface area contributed by atoms with Gasteiger partial charge in [0, 0.05) is 11.6 Å². The van der Waals surface area contributed by atoms with E-state index in [1.54, 1.807) is 50.6 Å². The molecule has 0 aliphatic heterocycles. The molecule has 0 saturated heterocycles. The zero-order valence-corrected chi connectivity index (χ0v) is 12.7. The number of aromatic carboxylic acids is 1. The Kier molecular flexibility index (Phi) is 5.00. The molecule has 5 nitrogen and oxygen atoms in total. The number of carboxylic acid groups (broad SMARTS) is 1. The fraction of sp³-hybridized carbons (Fsp3) is 0.111. The molecule has 2 rings (SSSR count). The normalized spacial score (nSPS) is 10.7. The van der Waals surface area contributed by atoms with Crippen molar-refractivity contribution in [2.45, 2.75) is 0 Å². The van der Waals surface area contributed by atoms with Crippen LogP contribution in [-0.2, 0) is 0 Å². The summed E-state index contributed by atoms with van der Waals surface area (Å²) in [6, 6.07) is 13.6. The second kappa shape index (κ2) is 7.14. The van der Waals surface area contributed by atoms with Crippen LogP contribution in [-0.4, -0.2) is 25.3 Å². The third kappa shape index (κ3) is 3.69. The van der Waals surface area contributed by atoms with E-state index in [9.17, 15) is 10.1 Å². The van der Waals surface area contributed by atoms with E-state index >= 15 is 0 Å². The molecule has 5 heteroatoms. The number of allylic oxidation sites excluding steroid dienone is 1. The second-order valence-corrected chi connectivity index (χ2v) is 4.66. The molecule has 0 saturated carbocycles. The maximum atomic E-state index is 10.9. The number of hydrogen-bond donors (Lipinski definition) is 1. The lowest BCUT2D eigenvalue weighted by atomic mass is 10.0. The Balaban J connectivity index is 2.43. The molecule has 0 radical (unpaired) electrons. The highest BCUT2D eigenvalue weighted by atomic mass is 16.5. The van der Waals surface area contributed by atoms with Gasteiger partial charge in [-0.05, 0) is 35.9 Å². The molecular formula is C18H15NO4. The van der Waals surface area contributed by atoms with Gasteiger partial charge in [0.2, 0.25) is 0 Å². The number of hydrogen-bond acceptors (Lipinski definition) is 4. The van der Waals surface area contributed by atoms with E-state index in [2.05, 4.69) is 6.07 Å². The first-order valence-electron chi connectivity index (χ1n) is 6.76. The minimum Gasteiger partial charge on any atom is -0.497 e. The van der Waals surface area contributed by atoms with Crippen LogP contribution >= 0.6 is 0 Å². The number of carbonyl (C=O) groups is 1. The smallest absolute Gasteiger partial charge is 0.335 e. The molecule has 2 aromatic rings. The fourth-order valence-corrected chi connectivity index (χ4v) is 2.07. The number of benzene rings is 2. The fourth-order valence-electron chi connectivity index (χ4n) is 2.07. The van der Waals surface area contributed by atoms with Gasteiger partial charge < -0.3 is 14.6 Å². The number of methoxy groups -OCH3 is 2. The largest absolute Gasteiger partial charge is 0.497 e. The molecule has 23 heavy (non-hydrogen) atoms. The zero-order chi connectivity index (χ0) is 16.8. The Morgan fingerprint density at radius 1 is 1.09 bits per heavy atom. The number of rotatable bonds is 5. The third-order valence-electron chi connectivity index (χ3n) is 3.30. The van der Waals surface area contributed by atoms with E-state index in [0.29, 0.717) is 22.6 Å². The minimum atomic E-state index is -1.00. The second-order valence-electron chi connectivity index (χ2n) is 4.66. The van der Waals surface area contributed by atoms with Crippen molar-refractivity contribution in [2.75, 3.05) is 14.2 Å². The Labute approximate surface area is 134 Å². The highest BCUT2D eigenvalue weighted by Gasteiger charge is 2.08. The van der Waals surface area contributed by atoms with Crippen LogP contribution in [0.15, 0.2) is 42.5 Å². The van der Waals surface area contributed by atoms with Gasteiger partial charge in [0.15, 0.2) is 0 Å². The van der Waals surface area contributed by atoms with Gasteiger partial charge in [0.25, 0.3) is 0 Å². The van der Waals surface area contributed by atoms with Crippen LogP contribution in [0.1, 0.15) is 21.5 Å². The van der Waals surface area contributed by atoms with Gasteiger partial charge in [-0.1, -0.05) is 12.1 Å². The minimum absolute atomic E-state index is 0.174. The summed E-state index contributed by atoms with van der Waals surface area (Å²) in [6.45, 7) is 0. The summed E-state index contributed by atoms with van der Waals surface area (Å²) in [5.41, 5.74) is 1.95. The molecule has 0 heterocycles. The van der Waals surface area contributed by atoms with Gasteiger partial charge >= 0.3 is 5.97 Å². The van der Waals surface area contributed by atoms with Crippen molar-refractivity contribution < 1.29 is 19.4 Å². The van der Waals surface area contributed by atoms with Gasteiger partial charge in [0.1, 0.15) is 11.5 Å². The average Bonchev–Trinajstić information content (AvgIpc) is 2.59. The van der Waals surface area contributed by atoms with E-state index in [-0.39, 0.29) is 5.56 Å². The van der Waals surface area contributed by atoms with Crippen LogP contribution < -0.4 is 9.47 Å². The summed E-state index contributed by atoms with van der Waals surface area (Å²) in [6.07, 6.45) is 1.69. The lowest BCUT2D eigenvalue weighted by molar-refractivity contribution is 0.0697. The number of nitrogens with zero attached hydrogens (tertiary/aromatic N) is 1. The van der Waals surface area contributed by atoms with E-state index < -0.39 is 5.97 Å². The van der Waals surface area contributed by atoms with E-state index in [0.717, 1.165) is 5.56 Å². The third-order valence-corrected chi connectivity index (χ3v) is 3.30. The van der Waals surface area contributed by atoms with Gasteiger partial charge in [0.05, 0.1) is 31.4 Å². The summed E-state index contributed by atoms with van der Waals surface area (Å²) >= 11 is 0. The van der Waals surface area contributed by atoms with E-state index in [1.165, 1.54) is 12.1 Å². The van der Waals surface area contributed by atoms with Gasteiger partial charge in [-0.3, -0.25) is 0 Å². The van der Waals surface area contributed by atoms with Crippen molar-refractivity contribution in [1.29, 1.82) is 5.26 Å². The van der Waals surface area contributed by atoms with Crippen LogP contribution in [0.3, 0.4) is 0 Å². The highest BCUT2D eigenvalue weighted by Crippen LogP contribution is 2.28. The lowest BCUT2D eigenvalue weighted by Gasteiger charge is -2.08. The van der Waals surface area contributed by atoms with Gasteiger partial charge in [-0.2, -0.15) is 5.26 Å². The van der Waals surface area contributed by atoms with Gasteiger partial charge in [-0.25, -0.2) is 4.79 Å². The number of carboxylic acids is 1. The Hall–Kier alpha value is -3.26. The molecule has 0 aliphatic carbocycles. The first-order chi connectivity index (χ1) is 11.1. The summed E-state index contributed by atoms with van der Waals surface area (Å²) in [7, 11) is 3.11. The first-order valence-corrected chi connectivity index (χ1v) is 6.76.